The van der Waals surface area contributed by atoms with Crippen molar-refractivity contribution < 1.29 is 9.18 Å². The van der Waals surface area contributed by atoms with Gasteiger partial charge in [0.05, 0.1) is 6.20 Å². The minimum absolute atomic E-state index is 0.0183. The third kappa shape index (κ3) is 4.41. The summed E-state index contributed by atoms with van der Waals surface area (Å²) in [6.45, 7) is 2.33. The van der Waals surface area contributed by atoms with Gasteiger partial charge in [0.25, 0.3) is 0 Å². The highest BCUT2D eigenvalue weighted by atomic mass is 19.1. The van der Waals surface area contributed by atoms with Gasteiger partial charge >= 0.3 is 0 Å². The Labute approximate surface area is 124 Å². The highest BCUT2D eigenvalue weighted by Gasteiger charge is 2.13. The molecule has 2 aromatic rings. The van der Waals surface area contributed by atoms with Crippen LogP contribution in [0.5, 0.6) is 0 Å². The van der Waals surface area contributed by atoms with E-state index in [0.717, 1.165) is 5.56 Å². The van der Waals surface area contributed by atoms with Crippen LogP contribution in [0, 0.1) is 11.7 Å². The summed E-state index contributed by atoms with van der Waals surface area (Å²) in [5.74, 6) is -0.378. The lowest BCUT2D eigenvalue weighted by atomic mass is 10.00. The molecule has 0 saturated heterocycles. The van der Waals surface area contributed by atoms with Crippen molar-refractivity contribution in [2.75, 3.05) is 0 Å². The van der Waals surface area contributed by atoms with E-state index in [-0.39, 0.29) is 17.6 Å². The van der Waals surface area contributed by atoms with Crippen molar-refractivity contribution in [1.29, 1.82) is 0 Å². The number of hydrogen-bond donors (Lipinski definition) is 1. The van der Waals surface area contributed by atoms with Gasteiger partial charge < -0.3 is 5.32 Å². The second-order valence-electron chi connectivity index (χ2n) is 5.27. The highest BCUT2D eigenvalue weighted by Crippen LogP contribution is 2.13. The molecular weight excluding hydrogens is 269 g/mol. The minimum Gasteiger partial charge on any atom is -0.352 e. The molecule has 1 aromatic carbocycles. The van der Waals surface area contributed by atoms with Crippen LogP contribution in [0.2, 0.25) is 0 Å². The number of halogens is 1. The first-order valence-electron chi connectivity index (χ1n) is 7.05. The van der Waals surface area contributed by atoms with Gasteiger partial charge in [-0.3, -0.25) is 9.48 Å². The Morgan fingerprint density at radius 2 is 2.19 bits per heavy atom. The first-order valence-corrected chi connectivity index (χ1v) is 7.05. The Morgan fingerprint density at radius 1 is 1.43 bits per heavy atom. The van der Waals surface area contributed by atoms with Crippen LogP contribution >= 0.6 is 0 Å². The number of rotatable bonds is 6. The summed E-state index contributed by atoms with van der Waals surface area (Å²) in [4.78, 5) is 12.0. The molecule has 0 aliphatic carbocycles. The smallest absolute Gasteiger partial charge is 0.223 e. The molecule has 112 valence electrons. The van der Waals surface area contributed by atoms with Crippen LogP contribution in [0.1, 0.15) is 24.5 Å². The van der Waals surface area contributed by atoms with E-state index in [4.69, 9.17) is 0 Å². The summed E-state index contributed by atoms with van der Waals surface area (Å²) in [7, 11) is 1.84. The van der Waals surface area contributed by atoms with Crippen LogP contribution in [-0.4, -0.2) is 15.7 Å². The number of carbonyl (C=O) groups excluding carboxylic acids is 1. The average Bonchev–Trinajstić information content (AvgIpc) is 2.89. The van der Waals surface area contributed by atoms with Gasteiger partial charge in [-0.2, -0.15) is 5.10 Å². The minimum atomic E-state index is -0.208. The number of nitrogens with one attached hydrogen (secondary N) is 1. The summed E-state index contributed by atoms with van der Waals surface area (Å²) in [6, 6.07) is 6.69. The number of hydrogen-bond acceptors (Lipinski definition) is 2. The van der Waals surface area contributed by atoms with E-state index in [9.17, 15) is 9.18 Å². The van der Waals surface area contributed by atoms with Crippen molar-refractivity contribution in [3.63, 3.8) is 0 Å². The molecule has 1 amide bonds. The van der Waals surface area contributed by atoms with Crippen LogP contribution in [-0.2, 0) is 24.8 Å². The molecular formula is C16H20FN3O. The van der Waals surface area contributed by atoms with Crippen molar-refractivity contribution >= 4 is 5.91 Å². The van der Waals surface area contributed by atoms with Gasteiger partial charge in [-0.05, 0) is 24.5 Å². The van der Waals surface area contributed by atoms with E-state index in [0.29, 0.717) is 24.9 Å². The van der Waals surface area contributed by atoms with E-state index in [1.807, 2.05) is 26.2 Å². The largest absolute Gasteiger partial charge is 0.352 e. The number of nitrogens with zero attached hydrogens (tertiary/aromatic N) is 2. The van der Waals surface area contributed by atoms with Crippen LogP contribution in [0.3, 0.4) is 0 Å². The molecule has 0 fully saturated rings. The number of amides is 1. The maximum absolute atomic E-state index is 13.5. The lowest BCUT2D eigenvalue weighted by Gasteiger charge is -2.12. The molecule has 0 bridgehead atoms. The highest BCUT2D eigenvalue weighted by molar-refractivity contribution is 5.78. The number of benzene rings is 1. The van der Waals surface area contributed by atoms with Crippen molar-refractivity contribution in [1.82, 2.24) is 15.1 Å². The van der Waals surface area contributed by atoms with E-state index >= 15 is 0 Å². The van der Waals surface area contributed by atoms with E-state index < -0.39 is 0 Å². The molecule has 1 aromatic heterocycles. The topological polar surface area (TPSA) is 46.9 Å². The average molecular weight is 289 g/mol. The molecule has 4 nitrogen and oxygen atoms in total. The van der Waals surface area contributed by atoms with Gasteiger partial charge in [-0.25, -0.2) is 4.39 Å². The van der Waals surface area contributed by atoms with Gasteiger partial charge in [0.1, 0.15) is 5.82 Å². The van der Waals surface area contributed by atoms with Crippen LogP contribution in [0.4, 0.5) is 4.39 Å². The molecule has 0 aliphatic heterocycles. The van der Waals surface area contributed by atoms with E-state index in [1.165, 1.54) is 6.07 Å². The Kier molecular flexibility index (Phi) is 5.09. The molecule has 21 heavy (non-hydrogen) atoms. The van der Waals surface area contributed by atoms with Gasteiger partial charge in [0.15, 0.2) is 0 Å². The SMILES string of the molecule is CC(CCc1ccccc1F)C(=O)NCc1cnn(C)c1. The number of carbonyl (C=O) groups is 1. The maximum atomic E-state index is 13.5. The van der Waals surface area contributed by atoms with Gasteiger partial charge in [-0.15, -0.1) is 0 Å². The first kappa shape index (κ1) is 15.2. The predicted octanol–water partition coefficient (Wildman–Crippen LogP) is 2.44. The normalized spacial score (nSPS) is 12.1. The second kappa shape index (κ2) is 7.02. The maximum Gasteiger partial charge on any atom is 0.223 e. The fourth-order valence-corrected chi connectivity index (χ4v) is 2.13. The quantitative estimate of drug-likeness (QED) is 0.888. The van der Waals surface area contributed by atoms with E-state index in [1.54, 1.807) is 23.0 Å². The molecule has 1 heterocycles. The van der Waals surface area contributed by atoms with Crippen molar-refractivity contribution in [3.8, 4) is 0 Å². The monoisotopic (exact) mass is 289 g/mol. The third-order valence-corrected chi connectivity index (χ3v) is 3.48. The van der Waals surface area contributed by atoms with Crippen LogP contribution in [0.25, 0.3) is 0 Å². The molecule has 1 unspecified atom stereocenters. The van der Waals surface area contributed by atoms with Gasteiger partial charge in [-0.1, -0.05) is 25.1 Å². The Bertz CT molecular complexity index is 609. The molecule has 0 spiro atoms. The predicted molar refractivity (Wildman–Crippen MR) is 78.9 cm³/mol. The molecule has 1 atom stereocenters. The van der Waals surface area contributed by atoms with Crippen molar-refractivity contribution in [2.24, 2.45) is 13.0 Å². The van der Waals surface area contributed by atoms with Gasteiger partial charge in [0.2, 0.25) is 5.91 Å². The zero-order valence-corrected chi connectivity index (χ0v) is 12.3. The van der Waals surface area contributed by atoms with Crippen LogP contribution < -0.4 is 5.32 Å². The Balaban J connectivity index is 1.78. The Morgan fingerprint density at radius 3 is 2.86 bits per heavy atom. The summed E-state index contributed by atoms with van der Waals surface area (Å²) < 4.78 is 15.2. The third-order valence-electron chi connectivity index (χ3n) is 3.48. The Hall–Kier alpha value is -2.17. The molecule has 5 heteroatoms. The van der Waals surface area contributed by atoms with Crippen molar-refractivity contribution in [3.05, 3.63) is 53.6 Å². The molecule has 0 radical (unpaired) electrons. The van der Waals surface area contributed by atoms with Gasteiger partial charge in [0, 0.05) is 31.3 Å². The standard InChI is InChI=1S/C16H20FN3O/c1-12(7-8-14-5-3-4-6-15(14)17)16(21)18-9-13-10-19-20(2)11-13/h3-6,10-12H,7-9H2,1-2H3,(H,18,21). The molecule has 1 N–H and O–H groups in total. The summed E-state index contributed by atoms with van der Waals surface area (Å²) in [5.41, 5.74) is 1.62. The summed E-state index contributed by atoms with van der Waals surface area (Å²) >= 11 is 0. The fraction of sp³-hybridized carbons (Fsp3) is 0.375. The number of aryl methyl sites for hydroxylation is 2. The zero-order chi connectivity index (χ0) is 15.2. The second-order valence-corrected chi connectivity index (χ2v) is 5.27. The summed E-state index contributed by atoms with van der Waals surface area (Å²) in [5, 5.41) is 6.93. The zero-order valence-electron chi connectivity index (χ0n) is 12.3. The van der Waals surface area contributed by atoms with E-state index in [2.05, 4.69) is 10.4 Å². The fourth-order valence-electron chi connectivity index (χ4n) is 2.13. The van der Waals surface area contributed by atoms with Crippen LogP contribution in [0.15, 0.2) is 36.7 Å². The first-order chi connectivity index (χ1) is 10.1. The molecule has 0 aliphatic rings. The van der Waals surface area contributed by atoms with Crippen molar-refractivity contribution in [2.45, 2.75) is 26.3 Å². The molecule has 0 saturated carbocycles. The number of aromatic nitrogens is 2. The molecule has 2 rings (SSSR count). The lowest BCUT2D eigenvalue weighted by Crippen LogP contribution is -2.28. The lowest BCUT2D eigenvalue weighted by molar-refractivity contribution is -0.124. The summed E-state index contributed by atoms with van der Waals surface area (Å²) in [6.07, 6.45) is 4.78.